The van der Waals surface area contributed by atoms with Gasteiger partial charge in [-0.3, -0.25) is 4.90 Å². The molecule has 0 atom stereocenters. The SMILES string of the molecule is CC1CCC(NCCN2CCN(c3ncccn3)CC2)CC1. The van der Waals surface area contributed by atoms with E-state index in [0.717, 1.165) is 57.2 Å². The van der Waals surface area contributed by atoms with Gasteiger partial charge in [0.15, 0.2) is 0 Å². The van der Waals surface area contributed by atoms with Crippen LogP contribution in [0.5, 0.6) is 0 Å². The van der Waals surface area contributed by atoms with Crippen LogP contribution in [-0.2, 0) is 0 Å². The Balaban J connectivity index is 1.32. The van der Waals surface area contributed by atoms with Crippen LogP contribution in [-0.4, -0.2) is 60.2 Å². The van der Waals surface area contributed by atoms with Crippen molar-refractivity contribution in [1.29, 1.82) is 0 Å². The van der Waals surface area contributed by atoms with Crippen LogP contribution in [0, 0.1) is 5.92 Å². The van der Waals surface area contributed by atoms with Crippen LogP contribution in [0.4, 0.5) is 5.95 Å². The Bertz CT molecular complexity index is 422. The van der Waals surface area contributed by atoms with Crippen molar-refractivity contribution >= 4 is 5.95 Å². The maximum Gasteiger partial charge on any atom is 0.225 e. The van der Waals surface area contributed by atoms with Crippen LogP contribution in [0.2, 0.25) is 0 Å². The molecule has 0 amide bonds. The number of anilines is 1. The highest BCUT2D eigenvalue weighted by molar-refractivity contribution is 5.29. The normalized spacial score (nSPS) is 27.0. The summed E-state index contributed by atoms with van der Waals surface area (Å²) in [6.07, 6.45) is 9.16. The average molecular weight is 303 g/mol. The molecule has 0 spiro atoms. The maximum atomic E-state index is 4.34. The van der Waals surface area contributed by atoms with Crippen molar-refractivity contribution in [2.45, 2.75) is 38.6 Å². The van der Waals surface area contributed by atoms with Crippen LogP contribution in [0.15, 0.2) is 18.5 Å². The van der Waals surface area contributed by atoms with Crippen LogP contribution in [0.1, 0.15) is 32.6 Å². The molecule has 2 aliphatic rings. The van der Waals surface area contributed by atoms with Gasteiger partial charge in [0.05, 0.1) is 0 Å². The highest BCUT2D eigenvalue weighted by Gasteiger charge is 2.20. The number of rotatable bonds is 5. The summed E-state index contributed by atoms with van der Waals surface area (Å²) in [5.74, 6) is 1.81. The van der Waals surface area contributed by atoms with Gasteiger partial charge in [0.1, 0.15) is 0 Å². The summed E-state index contributed by atoms with van der Waals surface area (Å²) in [4.78, 5) is 13.5. The second-order valence-corrected chi connectivity index (χ2v) is 6.79. The van der Waals surface area contributed by atoms with E-state index in [0.29, 0.717) is 0 Å². The van der Waals surface area contributed by atoms with Gasteiger partial charge in [-0.2, -0.15) is 0 Å². The molecular formula is C17H29N5. The Morgan fingerprint density at radius 3 is 2.41 bits per heavy atom. The van der Waals surface area contributed by atoms with Gasteiger partial charge in [0.25, 0.3) is 0 Å². The molecule has 1 aromatic heterocycles. The van der Waals surface area contributed by atoms with Gasteiger partial charge in [-0.1, -0.05) is 6.92 Å². The zero-order chi connectivity index (χ0) is 15.2. The molecule has 5 heteroatoms. The molecule has 0 aromatic carbocycles. The number of hydrogen-bond donors (Lipinski definition) is 1. The molecule has 1 aliphatic heterocycles. The largest absolute Gasteiger partial charge is 0.338 e. The number of nitrogens with one attached hydrogen (secondary N) is 1. The van der Waals surface area contributed by atoms with E-state index in [-0.39, 0.29) is 0 Å². The quantitative estimate of drug-likeness (QED) is 0.898. The highest BCUT2D eigenvalue weighted by Crippen LogP contribution is 2.23. The zero-order valence-electron chi connectivity index (χ0n) is 13.7. The Labute approximate surface area is 134 Å². The molecule has 122 valence electrons. The smallest absolute Gasteiger partial charge is 0.225 e. The molecule has 1 aromatic rings. The van der Waals surface area contributed by atoms with E-state index in [1.165, 1.54) is 25.7 Å². The second kappa shape index (κ2) is 7.88. The van der Waals surface area contributed by atoms with Crippen LogP contribution >= 0.6 is 0 Å². The molecular weight excluding hydrogens is 274 g/mol. The molecule has 0 radical (unpaired) electrons. The van der Waals surface area contributed by atoms with Crippen molar-refractivity contribution in [1.82, 2.24) is 20.2 Å². The lowest BCUT2D eigenvalue weighted by molar-refractivity contribution is 0.241. The molecule has 1 saturated heterocycles. The minimum absolute atomic E-state index is 0.759. The van der Waals surface area contributed by atoms with Gasteiger partial charge < -0.3 is 10.2 Å². The van der Waals surface area contributed by atoms with Crippen LogP contribution < -0.4 is 10.2 Å². The van der Waals surface area contributed by atoms with E-state index in [4.69, 9.17) is 0 Å². The van der Waals surface area contributed by atoms with Gasteiger partial charge in [-0.15, -0.1) is 0 Å². The molecule has 0 unspecified atom stereocenters. The average Bonchev–Trinajstić information content (AvgIpc) is 2.58. The summed E-state index contributed by atoms with van der Waals surface area (Å²) < 4.78 is 0. The molecule has 5 nitrogen and oxygen atoms in total. The van der Waals surface area contributed by atoms with E-state index >= 15 is 0 Å². The van der Waals surface area contributed by atoms with Crippen molar-refractivity contribution < 1.29 is 0 Å². The first kappa shape index (κ1) is 15.7. The van der Waals surface area contributed by atoms with Gasteiger partial charge in [0, 0.05) is 57.7 Å². The first-order valence-electron chi connectivity index (χ1n) is 8.79. The Kier molecular flexibility index (Phi) is 5.62. The third kappa shape index (κ3) is 4.40. The van der Waals surface area contributed by atoms with Gasteiger partial charge >= 0.3 is 0 Å². The lowest BCUT2D eigenvalue weighted by Gasteiger charge is -2.35. The number of piperazine rings is 1. The minimum Gasteiger partial charge on any atom is -0.338 e. The first-order chi connectivity index (χ1) is 10.8. The minimum atomic E-state index is 0.759. The van der Waals surface area contributed by atoms with Crippen LogP contribution in [0.25, 0.3) is 0 Å². The Morgan fingerprint density at radius 1 is 1.05 bits per heavy atom. The molecule has 2 heterocycles. The Morgan fingerprint density at radius 2 is 1.73 bits per heavy atom. The van der Waals surface area contributed by atoms with E-state index < -0.39 is 0 Å². The van der Waals surface area contributed by atoms with Crippen molar-refractivity contribution in [3.8, 4) is 0 Å². The topological polar surface area (TPSA) is 44.3 Å². The van der Waals surface area contributed by atoms with Crippen molar-refractivity contribution in [2.24, 2.45) is 5.92 Å². The van der Waals surface area contributed by atoms with E-state index in [1.54, 1.807) is 0 Å². The standard InChI is InChI=1S/C17H29N5/c1-15-3-5-16(6-4-15)18-9-10-21-11-13-22(14-12-21)17-19-7-2-8-20-17/h2,7-8,15-16,18H,3-6,9-14H2,1H3. The number of aromatic nitrogens is 2. The summed E-state index contributed by atoms with van der Waals surface area (Å²) in [5.41, 5.74) is 0. The molecule has 1 N–H and O–H groups in total. The van der Waals surface area contributed by atoms with Gasteiger partial charge in [-0.25, -0.2) is 9.97 Å². The van der Waals surface area contributed by atoms with E-state index in [1.807, 2.05) is 18.5 Å². The molecule has 22 heavy (non-hydrogen) atoms. The molecule has 1 aliphatic carbocycles. The third-order valence-electron chi connectivity index (χ3n) is 5.08. The lowest BCUT2D eigenvalue weighted by atomic mass is 9.87. The molecule has 3 rings (SSSR count). The predicted molar refractivity (Wildman–Crippen MR) is 90.1 cm³/mol. The number of nitrogens with zero attached hydrogens (tertiary/aromatic N) is 4. The summed E-state index contributed by atoms with van der Waals surface area (Å²) in [6.45, 7) is 8.96. The summed E-state index contributed by atoms with van der Waals surface area (Å²) in [5, 5.41) is 3.75. The lowest BCUT2D eigenvalue weighted by Crippen LogP contribution is -2.49. The van der Waals surface area contributed by atoms with Crippen LogP contribution in [0.3, 0.4) is 0 Å². The van der Waals surface area contributed by atoms with Gasteiger partial charge in [-0.05, 0) is 37.7 Å². The second-order valence-electron chi connectivity index (χ2n) is 6.79. The third-order valence-corrected chi connectivity index (χ3v) is 5.08. The summed E-state index contributed by atoms with van der Waals surface area (Å²) >= 11 is 0. The fraction of sp³-hybridized carbons (Fsp3) is 0.765. The summed E-state index contributed by atoms with van der Waals surface area (Å²) in [6, 6.07) is 2.63. The van der Waals surface area contributed by atoms with Crippen molar-refractivity contribution in [3.63, 3.8) is 0 Å². The zero-order valence-corrected chi connectivity index (χ0v) is 13.7. The number of hydrogen-bond acceptors (Lipinski definition) is 5. The fourth-order valence-electron chi connectivity index (χ4n) is 3.52. The van der Waals surface area contributed by atoms with E-state index in [2.05, 4.69) is 32.0 Å². The monoisotopic (exact) mass is 303 g/mol. The van der Waals surface area contributed by atoms with Crippen molar-refractivity contribution in [2.75, 3.05) is 44.2 Å². The molecule has 2 fully saturated rings. The fourth-order valence-corrected chi connectivity index (χ4v) is 3.52. The Hall–Kier alpha value is -1.20. The molecule has 1 saturated carbocycles. The highest BCUT2D eigenvalue weighted by atomic mass is 15.3. The van der Waals surface area contributed by atoms with Crippen molar-refractivity contribution in [3.05, 3.63) is 18.5 Å². The first-order valence-corrected chi connectivity index (χ1v) is 8.79. The molecule has 0 bridgehead atoms. The van der Waals surface area contributed by atoms with Gasteiger partial charge in [0.2, 0.25) is 5.95 Å². The predicted octanol–water partition coefficient (Wildman–Crippen LogP) is 1.77. The van der Waals surface area contributed by atoms with E-state index in [9.17, 15) is 0 Å². The summed E-state index contributed by atoms with van der Waals surface area (Å²) in [7, 11) is 0. The maximum absolute atomic E-state index is 4.34.